The third-order valence-electron chi connectivity index (χ3n) is 1.42. The fourth-order valence-electron chi connectivity index (χ4n) is 0.869. The van der Waals surface area contributed by atoms with Crippen molar-refractivity contribution < 1.29 is 9.18 Å². The minimum absolute atomic E-state index is 0.0822. The van der Waals surface area contributed by atoms with Crippen LogP contribution in [-0.2, 0) is 0 Å². The lowest BCUT2D eigenvalue weighted by molar-refractivity contribution is 0.256. The van der Waals surface area contributed by atoms with Crippen LogP contribution in [0.2, 0.25) is 5.02 Å². The molecular formula is C8H8ClFN4O. The molecule has 1 rings (SSSR count). The maximum Gasteiger partial charge on any atom is 0.326 e. The van der Waals surface area contributed by atoms with E-state index in [-0.39, 0.29) is 10.7 Å². The molecule has 0 aliphatic rings. The summed E-state index contributed by atoms with van der Waals surface area (Å²) in [7, 11) is 0. The number of benzene rings is 1. The zero-order valence-electron chi connectivity index (χ0n) is 7.47. The van der Waals surface area contributed by atoms with Gasteiger partial charge in [-0.15, -0.1) is 0 Å². The van der Waals surface area contributed by atoms with Crippen molar-refractivity contribution in [3.8, 4) is 0 Å². The molecule has 0 aliphatic heterocycles. The monoisotopic (exact) mass is 230 g/mol. The van der Waals surface area contributed by atoms with Crippen molar-refractivity contribution in [1.82, 2.24) is 5.32 Å². The molecule has 80 valence electrons. The van der Waals surface area contributed by atoms with Gasteiger partial charge in [0.25, 0.3) is 0 Å². The molecule has 0 heterocycles. The predicted molar refractivity (Wildman–Crippen MR) is 55.5 cm³/mol. The number of carbonyl (C=O) groups is 1. The lowest BCUT2D eigenvalue weighted by Crippen LogP contribution is -2.38. The number of hydrogen-bond donors (Lipinski definition) is 4. The zero-order valence-corrected chi connectivity index (χ0v) is 8.23. The first-order chi connectivity index (χ1) is 6.99. The van der Waals surface area contributed by atoms with Crippen LogP contribution >= 0.6 is 11.6 Å². The van der Waals surface area contributed by atoms with Crippen LogP contribution < -0.4 is 16.4 Å². The SMILES string of the molecule is N=C(N)NC(=O)Nc1cc(Cl)ccc1F. The number of rotatable bonds is 1. The van der Waals surface area contributed by atoms with Crippen molar-refractivity contribution in [3.05, 3.63) is 29.0 Å². The van der Waals surface area contributed by atoms with E-state index in [1.165, 1.54) is 12.1 Å². The Morgan fingerprint density at radius 1 is 1.53 bits per heavy atom. The topological polar surface area (TPSA) is 91.0 Å². The van der Waals surface area contributed by atoms with Crippen LogP contribution in [-0.4, -0.2) is 12.0 Å². The lowest BCUT2D eigenvalue weighted by Gasteiger charge is -2.06. The number of hydrogen-bond acceptors (Lipinski definition) is 2. The van der Waals surface area contributed by atoms with Crippen molar-refractivity contribution in [2.75, 3.05) is 5.32 Å². The van der Waals surface area contributed by atoms with E-state index in [1.807, 2.05) is 5.32 Å². The zero-order chi connectivity index (χ0) is 11.4. The van der Waals surface area contributed by atoms with Gasteiger partial charge in [-0.05, 0) is 18.2 Å². The minimum Gasteiger partial charge on any atom is -0.370 e. The largest absolute Gasteiger partial charge is 0.370 e. The van der Waals surface area contributed by atoms with Crippen LogP contribution in [0.15, 0.2) is 18.2 Å². The Hall–Kier alpha value is -1.82. The Bertz CT molecular complexity index is 410. The molecule has 1 aromatic carbocycles. The van der Waals surface area contributed by atoms with Crippen molar-refractivity contribution >= 4 is 29.3 Å². The van der Waals surface area contributed by atoms with Crippen molar-refractivity contribution in [2.45, 2.75) is 0 Å². The second kappa shape index (κ2) is 4.61. The molecule has 0 spiro atoms. The summed E-state index contributed by atoms with van der Waals surface area (Å²) >= 11 is 5.60. The molecule has 0 atom stereocenters. The van der Waals surface area contributed by atoms with Gasteiger partial charge in [0.15, 0.2) is 5.96 Å². The van der Waals surface area contributed by atoms with E-state index in [2.05, 4.69) is 5.32 Å². The van der Waals surface area contributed by atoms with Gasteiger partial charge in [0.1, 0.15) is 5.82 Å². The van der Waals surface area contributed by atoms with Gasteiger partial charge in [-0.3, -0.25) is 10.7 Å². The van der Waals surface area contributed by atoms with E-state index >= 15 is 0 Å². The van der Waals surface area contributed by atoms with Crippen LogP contribution in [0, 0.1) is 11.2 Å². The third-order valence-corrected chi connectivity index (χ3v) is 1.66. The maximum absolute atomic E-state index is 13.1. The number of carbonyl (C=O) groups excluding carboxylic acids is 1. The molecule has 5 nitrogen and oxygen atoms in total. The first-order valence-electron chi connectivity index (χ1n) is 3.86. The van der Waals surface area contributed by atoms with E-state index in [1.54, 1.807) is 0 Å². The summed E-state index contributed by atoms with van der Waals surface area (Å²) in [5.74, 6) is -1.16. The van der Waals surface area contributed by atoms with Gasteiger partial charge < -0.3 is 11.1 Å². The standard InChI is InChI=1S/C8H8ClFN4O/c9-4-1-2-5(10)6(3-4)13-8(15)14-7(11)12/h1-3H,(H5,11,12,13,14,15). The molecule has 1 aromatic rings. The molecule has 0 radical (unpaired) electrons. The summed E-state index contributed by atoms with van der Waals surface area (Å²) in [6.45, 7) is 0. The number of urea groups is 1. The van der Waals surface area contributed by atoms with Crippen LogP contribution in [0.5, 0.6) is 0 Å². The first kappa shape index (κ1) is 11.3. The van der Waals surface area contributed by atoms with Gasteiger partial charge in [-0.2, -0.15) is 0 Å². The third kappa shape index (κ3) is 3.43. The van der Waals surface area contributed by atoms with Gasteiger partial charge in [0.2, 0.25) is 0 Å². The molecule has 0 saturated carbocycles. The van der Waals surface area contributed by atoms with Crippen molar-refractivity contribution in [1.29, 1.82) is 5.41 Å². The quantitative estimate of drug-likeness (QED) is 0.435. The Morgan fingerprint density at radius 2 is 2.20 bits per heavy atom. The highest BCUT2D eigenvalue weighted by Crippen LogP contribution is 2.19. The smallest absolute Gasteiger partial charge is 0.326 e. The summed E-state index contributed by atoms with van der Waals surface area (Å²) in [5, 5.41) is 11.2. The number of halogens is 2. The number of amides is 2. The molecule has 15 heavy (non-hydrogen) atoms. The number of anilines is 1. The van der Waals surface area contributed by atoms with Gasteiger partial charge in [0.05, 0.1) is 5.69 Å². The fraction of sp³-hybridized carbons (Fsp3) is 0. The summed E-state index contributed by atoms with van der Waals surface area (Å²) in [6, 6.07) is 2.91. The average molecular weight is 231 g/mol. The molecule has 0 aromatic heterocycles. The van der Waals surface area contributed by atoms with Crippen LogP contribution in [0.25, 0.3) is 0 Å². The number of nitrogens with one attached hydrogen (secondary N) is 3. The normalized spacial score (nSPS) is 9.47. The molecule has 5 N–H and O–H groups in total. The molecule has 0 aliphatic carbocycles. The summed E-state index contributed by atoms with van der Waals surface area (Å²) in [5.41, 5.74) is 4.82. The van der Waals surface area contributed by atoms with E-state index in [0.717, 1.165) is 6.07 Å². The average Bonchev–Trinajstić information content (AvgIpc) is 2.10. The van der Waals surface area contributed by atoms with E-state index in [9.17, 15) is 9.18 Å². The Balaban J connectivity index is 2.76. The second-order valence-electron chi connectivity index (χ2n) is 2.62. The highest BCUT2D eigenvalue weighted by molar-refractivity contribution is 6.30. The second-order valence-corrected chi connectivity index (χ2v) is 3.05. The van der Waals surface area contributed by atoms with Crippen LogP contribution in [0.1, 0.15) is 0 Å². The molecule has 0 unspecified atom stereocenters. The highest BCUT2D eigenvalue weighted by atomic mass is 35.5. The van der Waals surface area contributed by atoms with Crippen molar-refractivity contribution in [3.63, 3.8) is 0 Å². The molecular weight excluding hydrogens is 223 g/mol. The number of guanidine groups is 1. The van der Waals surface area contributed by atoms with Gasteiger partial charge >= 0.3 is 6.03 Å². The highest BCUT2D eigenvalue weighted by Gasteiger charge is 2.07. The van der Waals surface area contributed by atoms with Crippen LogP contribution in [0.3, 0.4) is 0 Å². The lowest BCUT2D eigenvalue weighted by atomic mass is 10.3. The number of nitrogens with two attached hydrogens (primary N) is 1. The van der Waals surface area contributed by atoms with Gasteiger partial charge in [-0.25, -0.2) is 9.18 Å². The van der Waals surface area contributed by atoms with E-state index in [0.29, 0.717) is 0 Å². The first-order valence-corrected chi connectivity index (χ1v) is 4.24. The molecule has 0 saturated heterocycles. The Labute approximate surface area is 89.9 Å². The van der Waals surface area contributed by atoms with E-state index < -0.39 is 17.8 Å². The predicted octanol–water partition coefficient (Wildman–Crippen LogP) is 1.49. The fourth-order valence-corrected chi connectivity index (χ4v) is 1.04. The Morgan fingerprint density at radius 3 is 2.80 bits per heavy atom. The summed E-state index contributed by atoms with van der Waals surface area (Å²) < 4.78 is 13.1. The van der Waals surface area contributed by atoms with E-state index in [4.69, 9.17) is 22.7 Å². The van der Waals surface area contributed by atoms with Gasteiger partial charge in [-0.1, -0.05) is 11.6 Å². The maximum atomic E-state index is 13.1. The molecule has 0 bridgehead atoms. The minimum atomic E-state index is -0.802. The molecule has 0 fully saturated rings. The van der Waals surface area contributed by atoms with Crippen LogP contribution in [0.4, 0.5) is 14.9 Å². The molecule has 2 amide bonds. The van der Waals surface area contributed by atoms with Crippen molar-refractivity contribution in [2.24, 2.45) is 5.73 Å². The Kier molecular flexibility index (Phi) is 3.46. The molecule has 7 heteroatoms. The summed E-state index contributed by atoms with van der Waals surface area (Å²) in [6.07, 6.45) is 0. The summed E-state index contributed by atoms with van der Waals surface area (Å²) in [4.78, 5) is 11.0. The van der Waals surface area contributed by atoms with Gasteiger partial charge in [0, 0.05) is 5.02 Å².